The molecule has 0 aliphatic carbocycles. The maximum atomic E-state index is 13.0. The van der Waals surface area contributed by atoms with Crippen LogP contribution in [-0.2, 0) is 5.60 Å². The molecule has 2 unspecified atom stereocenters. The number of hydrogen-bond donors (Lipinski definition) is 1. The summed E-state index contributed by atoms with van der Waals surface area (Å²) in [6, 6.07) is 13.9. The van der Waals surface area contributed by atoms with Gasteiger partial charge in [0.2, 0.25) is 11.4 Å². The molecule has 4 nitrogen and oxygen atoms in total. The highest BCUT2D eigenvalue weighted by Crippen LogP contribution is 2.56. The molecule has 0 bridgehead atoms. The van der Waals surface area contributed by atoms with Gasteiger partial charge in [-0.15, -0.1) is 5.73 Å². The van der Waals surface area contributed by atoms with Crippen LogP contribution in [0.2, 0.25) is 0 Å². The summed E-state index contributed by atoms with van der Waals surface area (Å²) in [5.74, 6) is -1.91. The van der Waals surface area contributed by atoms with Crippen LogP contribution in [-0.4, -0.2) is 16.7 Å². The summed E-state index contributed by atoms with van der Waals surface area (Å²) in [5, 5.41) is 11.2. The quantitative estimate of drug-likeness (QED) is 0.823. The zero-order valence-corrected chi connectivity index (χ0v) is 12.5. The molecule has 2 aromatic rings. The number of hydrogen-bond acceptors (Lipinski definition) is 4. The molecule has 4 heteroatoms. The normalized spacial score (nSPS) is 27.0. The SMILES string of the molecule is C=C=C(C)C12Oc3ccccc3C(=O)C1(O)Oc1ccccc12. The molecule has 4 rings (SSSR count). The second-order valence-corrected chi connectivity index (χ2v) is 5.65. The summed E-state index contributed by atoms with van der Waals surface area (Å²) < 4.78 is 11.8. The van der Waals surface area contributed by atoms with E-state index >= 15 is 0 Å². The van der Waals surface area contributed by atoms with Crippen molar-refractivity contribution >= 4 is 5.78 Å². The molecule has 0 fully saturated rings. The molecule has 2 heterocycles. The van der Waals surface area contributed by atoms with E-state index < -0.39 is 17.2 Å². The van der Waals surface area contributed by atoms with Gasteiger partial charge in [-0.1, -0.05) is 36.9 Å². The van der Waals surface area contributed by atoms with E-state index in [0.717, 1.165) is 0 Å². The summed E-state index contributed by atoms with van der Waals surface area (Å²) in [5.41, 5.74) is 2.62. The van der Waals surface area contributed by atoms with Crippen molar-refractivity contribution in [2.45, 2.75) is 18.3 Å². The Bertz CT molecular complexity index is 894. The number of ether oxygens (including phenoxy) is 2. The lowest BCUT2D eigenvalue weighted by atomic mass is 9.76. The van der Waals surface area contributed by atoms with Crippen molar-refractivity contribution in [3.8, 4) is 11.5 Å². The van der Waals surface area contributed by atoms with Crippen molar-refractivity contribution in [1.29, 1.82) is 0 Å². The number of rotatable bonds is 1. The zero-order valence-electron chi connectivity index (χ0n) is 12.5. The third-order valence-electron chi connectivity index (χ3n) is 4.50. The minimum Gasteiger partial charge on any atom is -0.469 e. The van der Waals surface area contributed by atoms with E-state index in [9.17, 15) is 9.90 Å². The molecular weight excluding hydrogens is 292 g/mol. The van der Waals surface area contributed by atoms with Gasteiger partial charge in [0.15, 0.2) is 0 Å². The first-order valence-corrected chi connectivity index (χ1v) is 7.25. The highest BCUT2D eigenvalue weighted by atomic mass is 16.7. The van der Waals surface area contributed by atoms with E-state index in [-0.39, 0.29) is 5.56 Å². The lowest BCUT2D eigenvalue weighted by Crippen LogP contribution is -2.63. The fraction of sp³-hybridized carbons (Fsp3) is 0.158. The number of para-hydroxylation sites is 2. The predicted octanol–water partition coefficient (Wildman–Crippen LogP) is 2.97. The van der Waals surface area contributed by atoms with Gasteiger partial charge in [0.25, 0.3) is 0 Å². The van der Waals surface area contributed by atoms with Crippen molar-refractivity contribution in [3.05, 3.63) is 77.5 Å². The Morgan fingerprint density at radius 1 is 1.09 bits per heavy atom. The van der Waals surface area contributed by atoms with Crippen LogP contribution in [0.15, 0.2) is 66.4 Å². The number of carbonyl (C=O) groups is 1. The van der Waals surface area contributed by atoms with E-state index in [1.54, 1.807) is 55.5 Å². The van der Waals surface area contributed by atoms with Gasteiger partial charge < -0.3 is 14.6 Å². The van der Waals surface area contributed by atoms with Crippen LogP contribution in [0.3, 0.4) is 0 Å². The third-order valence-corrected chi connectivity index (χ3v) is 4.50. The summed E-state index contributed by atoms with van der Waals surface area (Å²) in [6.07, 6.45) is 0. The Labute approximate surface area is 133 Å². The number of Topliss-reactive ketones (excluding diaryl/α,β-unsaturated/α-hetero) is 1. The van der Waals surface area contributed by atoms with E-state index in [4.69, 9.17) is 9.47 Å². The summed E-state index contributed by atoms with van der Waals surface area (Å²) in [4.78, 5) is 13.0. The van der Waals surface area contributed by atoms with Crippen LogP contribution < -0.4 is 9.47 Å². The number of benzene rings is 2. The minimum atomic E-state index is -2.18. The molecular formula is C19H14O4. The number of carbonyl (C=O) groups excluding carboxylic acids is 1. The molecule has 0 saturated heterocycles. The second-order valence-electron chi connectivity index (χ2n) is 5.65. The highest BCUT2D eigenvalue weighted by molar-refractivity contribution is 6.07. The number of fused-ring (bicyclic) bond motifs is 4. The van der Waals surface area contributed by atoms with Crippen LogP contribution in [0.4, 0.5) is 0 Å². The van der Waals surface area contributed by atoms with E-state index in [1.807, 2.05) is 0 Å². The topological polar surface area (TPSA) is 55.8 Å². The molecule has 2 aliphatic heterocycles. The first-order valence-electron chi connectivity index (χ1n) is 7.25. The average Bonchev–Trinajstić information content (AvgIpc) is 2.85. The molecule has 0 radical (unpaired) electrons. The maximum Gasteiger partial charge on any atom is 0.323 e. The zero-order chi connectivity index (χ0) is 16.2. The smallest absolute Gasteiger partial charge is 0.323 e. The summed E-state index contributed by atoms with van der Waals surface area (Å²) in [6.45, 7) is 5.37. The Morgan fingerprint density at radius 3 is 2.48 bits per heavy atom. The molecule has 0 saturated carbocycles. The molecule has 0 spiro atoms. The molecule has 114 valence electrons. The second kappa shape index (κ2) is 4.35. The van der Waals surface area contributed by atoms with Crippen molar-refractivity contribution in [2.75, 3.05) is 0 Å². The molecule has 2 aliphatic rings. The average molecular weight is 306 g/mol. The van der Waals surface area contributed by atoms with Gasteiger partial charge in [-0.2, -0.15) is 0 Å². The van der Waals surface area contributed by atoms with Crippen LogP contribution in [0.5, 0.6) is 11.5 Å². The lowest BCUT2D eigenvalue weighted by molar-refractivity contribution is -0.187. The van der Waals surface area contributed by atoms with Crippen LogP contribution in [0, 0.1) is 0 Å². The van der Waals surface area contributed by atoms with Crippen LogP contribution in [0.1, 0.15) is 22.8 Å². The molecule has 23 heavy (non-hydrogen) atoms. The van der Waals surface area contributed by atoms with Gasteiger partial charge in [-0.3, -0.25) is 4.79 Å². The lowest BCUT2D eigenvalue weighted by Gasteiger charge is -2.43. The van der Waals surface area contributed by atoms with Crippen molar-refractivity contribution in [2.24, 2.45) is 0 Å². The largest absolute Gasteiger partial charge is 0.469 e. The Kier molecular flexibility index (Phi) is 2.62. The monoisotopic (exact) mass is 306 g/mol. The van der Waals surface area contributed by atoms with Crippen molar-refractivity contribution < 1.29 is 19.4 Å². The van der Waals surface area contributed by atoms with Crippen LogP contribution >= 0.6 is 0 Å². The Morgan fingerprint density at radius 2 is 1.74 bits per heavy atom. The van der Waals surface area contributed by atoms with Gasteiger partial charge in [0, 0.05) is 11.1 Å². The van der Waals surface area contributed by atoms with Crippen molar-refractivity contribution in [3.63, 3.8) is 0 Å². The molecule has 0 aromatic heterocycles. The van der Waals surface area contributed by atoms with E-state index in [2.05, 4.69) is 12.3 Å². The van der Waals surface area contributed by atoms with E-state index in [1.165, 1.54) is 0 Å². The Balaban J connectivity index is 2.10. The Hall–Kier alpha value is -2.81. The van der Waals surface area contributed by atoms with Gasteiger partial charge >= 0.3 is 5.79 Å². The summed E-state index contributed by atoms with van der Waals surface area (Å²) >= 11 is 0. The van der Waals surface area contributed by atoms with Crippen molar-refractivity contribution in [1.82, 2.24) is 0 Å². The first kappa shape index (κ1) is 13.8. The maximum absolute atomic E-state index is 13.0. The molecule has 2 aromatic carbocycles. The number of ketones is 1. The van der Waals surface area contributed by atoms with E-state index in [0.29, 0.717) is 22.6 Å². The minimum absolute atomic E-state index is 0.287. The first-order chi connectivity index (χ1) is 11.0. The van der Waals surface area contributed by atoms with Crippen LogP contribution in [0.25, 0.3) is 0 Å². The number of aliphatic hydroxyl groups is 1. The predicted molar refractivity (Wildman–Crippen MR) is 83.4 cm³/mol. The highest BCUT2D eigenvalue weighted by Gasteiger charge is 2.70. The summed E-state index contributed by atoms with van der Waals surface area (Å²) in [7, 11) is 0. The molecule has 2 atom stereocenters. The standard InChI is InChI=1S/C19H14O4/c1-3-12(2)18-14-9-5-7-11-16(14)23-19(18,21)17(20)13-8-4-6-10-15(13)22-18/h4-11,21H,1H2,2H3. The third kappa shape index (κ3) is 1.47. The van der Waals surface area contributed by atoms with Gasteiger partial charge in [-0.05, 0) is 25.1 Å². The van der Waals surface area contributed by atoms with Gasteiger partial charge in [-0.25, -0.2) is 0 Å². The van der Waals surface area contributed by atoms with Gasteiger partial charge in [0.1, 0.15) is 11.5 Å². The molecule has 1 N–H and O–H groups in total. The molecule has 0 amide bonds. The fourth-order valence-electron chi connectivity index (χ4n) is 3.34. The van der Waals surface area contributed by atoms with Gasteiger partial charge in [0.05, 0.1) is 5.56 Å². The fourth-order valence-corrected chi connectivity index (χ4v) is 3.34.